The molecular weight excluding hydrogens is 276 g/mol. The molecule has 0 saturated heterocycles. The molecule has 0 spiro atoms. The Kier molecular flexibility index (Phi) is 4.05. The van der Waals surface area contributed by atoms with Gasteiger partial charge in [0.1, 0.15) is 10.5 Å². The van der Waals surface area contributed by atoms with E-state index in [0.717, 1.165) is 0 Å². The Morgan fingerprint density at radius 2 is 1.71 bits per heavy atom. The molecule has 0 aromatic heterocycles. The third-order valence-electron chi connectivity index (χ3n) is 2.87. The van der Waals surface area contributed by atoms with Gasteiger partial charge < -0.3 is 0 Å². The van der Waals surface area contributed by atoms with Gasteiger partial charge in [0.2, 0.25) is 0 Å². The summed E-state index contributed by atoms with van der Waals surface area (Å²) in [6, 6.07) is 12.7. The number of nitrogens with zero attached hydrogens (tertiary/aromatic N) is 1. The fourth-order valence-electron chi connectivity index (χ4n) is 1.99. The van der Waals surface area contributed by atoms with Crippen molar-refractivity contribution in [1.82, 2.24) is 5.48 Å². The molecule has 106 valence electrons. The SMILES string of the molecule is O=C(NO)c1c(C(=O)[N+](=O)[O-])cccc1-c1ccccc1. The number of hydrogen-bond acceptors (Lipinski definition) is 5. The summed E-state index contributed by atoms with van der Waals surface area (Å²) in [7, 11) is 0. The second kappa shape index (κ2) is 5.93. The predicted octanol–water partition coefficient (Wildman–Crippen LogP) is 1.89. The van der Waals surface area contributed by atoms with Gasteiger partial charge in [0.05, 0.1) is 5.56 Å². The Balaban J connectivity index is 2.72. The maximum Gasteiger partial charge on any atom is 0.477 e. The first-order chi connectivity index (χ1) is 10.1. The molecule has 21 heavy (non-hydrogen) atoms. The van der Waals surface area contributed by atoms with E-state index in [0.29, 0.717) is 11.1 Å². The minimum atomic E-state index is -1.41. The van der Waals surface area contributed by atoms with Crippen molar-refractivity contribution < 1.29 is 19.7 Å². The third-order valence-corrected chi connectivity index (χ3v) is 2.87. The molecule has 2 aromatic rings. The first-order valence-electron chi connectivity index (χ1n) is 5.88. The highest BCUT2D eigenvalue weighted by atomic mass is 16.6. The molecule has 0 unspecified atom stereocenters. The van der Waals surface area contributed by atoms with Crippen molar-refractivity contribution in [2.75, 3.05) is 0 Å². The van der Waals surface area contributed by atoms with E-state index in [1.54, 1.807) is 30.3 Å². The van der Waals surface area contributed by atoms with E-state index in [9.17, 15) is 19.7 Å². The van der Waals surface area contributed by atoms with Crippen LogP contribution < -0.4 is 5.48 Å². The maximum absolute atomic E-state index is 11.8. The zero-order valence-corrected chi connectivity index (χ0v) is 10.6. The second-order valence-corrected chi connectivity index (χ2v) is 4.10. The lowest BCUT2D eigenvalue weighted by atomic mass is 9.94. The number of carbonyl (C=O) groups is 2. The molecule has 7 nitrogen and oxygen atoms in total. The number of rotatable bonds is 3. The quantitative estimate of drug-likeness (QED) is 0.508. The van der Waals surface area contributed by atoms with Crippen LogP contribution in [0.3, 0.4) is 0 Å². The summed E-state index contributed by atoms with van der Waals surface area (Å²) in [5, 5.41) is 19.5. The fourth-order valence-corrected chi connectivity index (χ4v) is 1.99. The van der Waals surface area contributed by atoms with Crippen molar-refractivity contribution in [3.05, 3.63) is 69.8 Å². The Hall–Kier alpha value is -3.06. The lowest BCUT2D eigenvalue weighted by Crippen LogP contribution is -2.24. The summed E-state index contributed by atoms with van der Waals surface area (Å²) in [6.45, 7) is 0. The molecule has 0 radical (unpaired) electrons. The molecule has 0 bridgehead atoms. The average Bonchev–Trinajstić information content (AvgIpc) is 2.53. The summed E-state index contributed by atoms with van der Waals surface area (Å²) in [5.74, 6) is -2.40. The van der Waals surface area contributed by atoms with Crippen LogP contribution in [0.4, 0.5) is 0 Å². The number of hydroxylamine groups is 1. The molecule has 7 heteroatoms. The molecule has 2 amide bonds. The van der Waals surface area contributed by atoms with Crippen LogP contribution in [0.2, 0.25) is 0 Å². The predicted molar refractivity (Wildman–Crippen MR) is 72.5 cm³/mol. The molecule has 0 atom stereocenters. The average molecular weight is 286 g/mol. The molecule has 0 aliphatic heterocycles. The first-order valence-corrected chi connectivity index (χ1v) is 5.88. The number of hydrogen-bond donors (Lipinski definition) is 2. The van der Waals surface area contributed by atoms with Crippen molar-refractivity contribution in [1.29, 1.82) is 0 Å². The molecule has 0 aliphatic rings. The van der Waals surface area contributed by atoms with Crippen molar-refractivity contribution in [3.63, 3.8) is 0 Å². The van der Waals surface area contributed by atoms with Crippen LogP contribution in [0.1, 0.15) is 20.7 Å². The number of amides is 2. The van der Waals surface area contributed by atoms with Crippen LogP contribution in [0.5, 0.6) is 0 Å². The van der Waals surface area contributed by atoms with Gasteiger partial charge in [0.25, 0.3) is 5.91 Å². The van der Waals surface area contributed by atoms with Gasteiger partial charge in [-0.05, 0) is 17.2 Å². The first kappa shape index (κ1) is 14.4. The van der Waals surface area contributed by atoms with Gasteiger partial charge in [-0.2, -0.15) is 0 Å². The highest BCUT2D eigenvalue weighted by Gasteiger charge is 2.28. The minimum Gasteiger partial charge on any atom is -0.288 e. The number of nitrogens with one attached hydrogen (secondary N) is 1. The van der Waals surface area contributed by atoms with Gasteiger partial charge in [0.15, 0.2) is 0 Å². The van der Waals surface area contributed by atoms with E-state index in [1.165, 1.54) is 23.7 Å². The lowest BCUT2D eigenvalue weighted by Gasteiger charge is -2.10. The molecule has 0 fully saturated rings. The van der Waals surface area contributed by atoms with Crippen LogP contribution in [0.25, 0.3) is 11.1 Å². The van der Waals surface area contributed by atoms with Crippen LogP contribution >= 0.6 is 0 Å². The molecule has 0 heterocycles. The topological polar surface area (TPSA) is 110 Å². The van der Waals surface area contributed by atoms with E-state index >= 15 is 0 Å². The van der Waals surface area contributed by atoms with Gasteiger partial charge in [-0.25, -0.2) is 10.3 Å². The third kappa shape index (κ3) is 2.77. The van der Waals surface area contributed by atoms with E-state index in [1.807, 2.05) is 0 Å². The standard InChI is InChI=1S/C14H10N2O5/c17-13(15-19)12-10(9-5-2-1-3-6-9)7-4-8-11(12)14(18)16(20)21/h1-8,19H,(H,15,17). The zero-order valence-electron chi connectivity index (χ0n) is 10.6. The summed E-state index contributed by atoms with van der Waals surface area (Å²) in [5.41, 5.74) is 1.69. The summed E-state index contributed by atoms with van der Waals surface area (Å²) >= 11 is 0. The van der Waals surface area contributed by atoms with E-state index in [-0.39, 0.29) is 11.1 Å². The number of benzene rings is 2. The van der Waals surface area contributed by atoms with Gasteiger partial charge in [-0.1, -0.05) is 42.5 Å². The van der Waals surface area contributed by atoms with Gasteiger partial charge in [0, 0.05) is 0 Å². The van der Waals surface area contributed by atoms with E-state index in [2.05, 4.69) is 0 Å². The molecule has 0 saturated carbocycles. The highest BCUT2D eigenvalue weighted by molar-refractivity contribution is 6.09. The molecular formula is C14H10N2O5. The van der Waals surface area contributed by atoms with Crippen LogP contribution in [-0.4, -0.2) is 21.9 Å². The van der Waals surface area contributed by atoms with Crippen molar-refractivity contribution in [3.8, 4) is 11.1 Å². The monoisotopic (exact) mass is 286 g/mol. The number of nitro groups is 1. The van der Waals surface area contributed by atoms with Crippen molar-refractivity contribution in [2.45, 2.75) is 0 Å². The summed E-state index contributed by atoms with van der Waals surface area (Å²) in [4.78, 5) is 33.0. The number of carbonyl (C=O) groups excluding carboxylic acids is 2. The Bertz CT molecular complexity index is 713. The van der Waals surface area contributed by atoms with Gasteiger partial charge in [-0.15, -0.1) is 0 Å². The normalized spacial score (nSPS) is 9.95. The summed E-state index contributed by atoms with van der Waals surface area (Å²) < 4.78 is 0. The van der Waals surface area contributed by atoms with Crippen LogP contribution in [0.15, 0.2) is 48.5 Å². The maximum atomic E-state index is 11.8. The van der Waals surface area contributed by atoms with Crippen molar-refractivity contribution >= 4 is 11.8 Å². The largest absolute Gasteiger partial charge is 0.477 e. The minimum absolute atomic E-state index is 0.243. The summed E-state index contributed by atoms with van der Waals surface area (Å²) in [6.07, 6.45) is 0. The van der Waals surface area contributed by atoms with Crippen LogP contribution in [0, 0.1) is 10.1 Å². The van der Waals surface area contributed by atoms with E-state index in [4.69, 9.17) is 5.21 Å². The van der Waals surface area contributed by atoms with E-state index < -0.39 is 16.7 Å². The molecule has 0 aliphatic carbocycles. The second-order valence-electron chi connectivity index (χ2n) is 4.10. The van der Waals surface area contributed by atoms with Gasteiger partial charge in [-0.3, -0.25) is 20.1 Å². The fraction of sp³-hybridized carbons (Fsp3) is 0. The smallest absolute Gasteiger partial charge is 0.288 e. The Labute approximate surface area is 118 Å². The molecule has 2 N–H and O–H groups in total. The van der Waals surface area contributed by atoms with Crippen molar-refractivity contribution in [2.24, 2.45) is 0 Å². The van der Waals surface area contributed by atoms with Crippen LogP contribution in [-0.2, 0) is 0 Å². The molecule has 2 rings (SSSR count). The zero-order chi connectivity index (χ0) is 15.4. The Morgan fingerprint density at radius 3 is 2.29 bits per heavy atom. The Morgan fingerprint density at radius 1 is 1.05 bits per heavy atom. The van der Waals surface area contributed by atoms with Gasteiger partial charge >= 0.3 is 5.91 Å². The lowest BCUT2D eigenvalue weighted by molar-refractivity contribution is -0.375. The highest BCUT2D eigenvalue weighted by Crippen LogP contribution is 2.26. The molecule has 2 aromatic carbocycles.